The van der Waals surface area contributed by atoms with Crippen LogP contribution in [0.15, 0.2) is 133 Å². The molecule has 5 aromatic rings. The zero-order chi connectivity index (χ0) is 34.0. The van der Waals surface area contributed by atoms with Gasteiger partial charge in [0, 0.05) is 11.4 Å². The molecule has 0 aromatic heterocycles. The first-order chi connectivity index (χ1) is 23.0. The molecule has 0 heterocycles. The van der Waals surface area contributed by atoms with E-state index in [1.54, 1.807) is 84.9 Å². The van der Waals surface area contributed by atoms with Gasteiger partial charge in [-0.1, -0.05) is 72.8 Å². The first-order valence-electron chi connectivity index (χ1n) is 14.4. The molecule has 0 unspecified atom stereocenters. The smallest absolute Gasteiger partial charge is 0.323 e. The van der Waals surface area contributed by atoms with E-state index >= 15 is 0 Å². The normalized spacial score (nSPS) is 11.2. The van der Waals surface area contributed by atoms with Crippen LogP contribution in [0.4, 0.5) is 32.3 Å². The van der Waals surface area contributed by atoms with Crippen molar-refractivity contribution < 1.29 is 34.8 Å². The predicted molar refractivity (Wildman–Crippen MR) is 184 cm³/mol. The number of hydrogen-bond donors (Lipinski definition) is 4. The Morgan fingerprint density at radius 1 is 0.438 bits per heavy atom. The van der Waals surface area contributed by atoms with Gasteiger partial charge in [0.15, 0.2) is 0 Å². The third kappa shape index (κ3) is 10.3. The summed E-state index contributed by atoms with van der Waals surface area (Å²) in [6, 6.07) is 34.2. The molecule has 246 valence electrons. The average Bonchev–Trinajstić information content (AvgIpc) is 3.04. The maximum atomic E-state index is 12.7. The summed E-state index contributed by atoms with van der Waals surface area (Å²) in [4.78, 5) is 25.5. The zero-order valence-electron chi connectivity index (χ0n) is 25.2. The Bertz CT molecular complexity index is 1930. The van der Waals surface area contributed by atoms with E-state index in [2.05, 4.69) is 21.3 Å². The van der Waals surface area contributed by atoms with Crippen LogP contribution in [-0.4, -0.2) is 28.9 Å². The summed E-state index contributed by atoms with van der Waals surface area (Å²) in [5.74, 6) is -0.393. The molecule has 5 rings (SSSR count). The van der Waals surface area contributed by atoms with E-state index in [9.17, 15) is 26.4 Å². The highest BCUT2D eigenvalue weighted by Crippen LogP contribution is 2.24. The van der Waals surface area contributed by atoms with Crippen molar-refractivity contribution in [3.63, 3.8) is 0 Å². The van der Waals surface area contributed by atoms with Crippen LogP contribution in [0.25, 0.3) is 0 Å². The molecule has 5 aromatic carbocycles. The highest BCUT2D eigenvalue weighted by atomic mass is 32.2. The Kier molecular flexibility index (Phi) is 10.6. The highest BCUT2D eigenvalue weighted by molar-refractivity contribution is 7.86. The Morgan fingerprint density at radius 2 is 0.771 bits per heavy atom. The lowest BCUT2D eigenvalue weighted by atomic mass is 10.2. The van der Waals surface area contributed by atoms with Gasteiger partial charge < -0.3 is 29.6 Å². The van der Waals surface area contributed by atoms with E-state index in [1.165, 1.54) is 48.5 Å². The van der Waals surface area contributed by atoms with Crippen molar-refractivity contribution in [2.45, 2.75) is 11.5 Å². The molecular formula is C34H30N4O8S2. The van der Waals surface area contributed by atoms with Crippen LogP contribution in [0.1, 0.15) is 11.1 Å². The van der Waals surface area contributed by atoms with Crippen LogP contribution in [0, 0.1) is 0 Å². The van der Waals surface area contributed by atoms with Crippen molar-refractivity contribution in [3.8, 4) is 11.5 Å². The van der Waals surface area contributed by atoms with Crippen LogP contribution < -0.4 is 29.6 Å². The number of carbonyl (C=O) groups is 2. The van der Waals surface area contributed by atoms with Gasteiger partial charge in [-0.3, -0.25) is 0 Å². The van der Waals surface area contributed by atoms with Gasteiger partial charge >= 0.3 is 32.3 Å². The molecule has 0 fully saturated rings. The third-order valence-electron chi connectivity index (χ3n) is 6.47. The SMILES string of the molecule is O=C(Nc1ccc(OS(=O)(=O)Cc2ccccc2)cc1)Nc1ccccc1NC(=O)Nc1ccc(OS(=O)(=O)Cc2ccccc2)cc1. The zero-order valence-corrected chi connectivity index (χ0v) is 26.8. The van der Waals surface area contributed by atoms with Crippen LogP contribution in [0.5, 0.6) is 11.5 Å². The summed E-state index contributed by atoms with van der Waals surface area (Å²) >= 11 is 0. The maximum Gasteiger partial charge on any atom is 0.323 e. The number of urea groups is 2. The Morgan fingerprint density at radius 3 is 1.12 bits per heavy atom. The quantitative estimate of drug-likeness (QED) is 0.104. The minimum atomic E-state index is -3.88. The third-order valence-corrected chi connectivity index (χ3v) is 8.73. The Labute approximate surface area is 278 Å². The van der Waals surface area contributed by atoms with E-state index in [4.69, 9.17) is 8.37 Å². The molecule has 0 aliphatic heterocycles. The van der Waals surface area contributed by atoms with Crippen molar-refractivity contribution in [1.82, 2.24) is 0 Å². The van der Waals surface area contributed by atoms with Crippen molar-refractivity contribution in [1.29, 1.82) is 0 Å². The monoisotopic (exact) mass is 686 g/mol. The van der Waals surface area contributed by atoms with E-state index in [-0.39, 0.29) is 23.0 Å². The lowest BCUT2D eigenvalue weighted by Gasteiger charge is -2.14. The number of hydrogen-bond acceptors (Lipinski definition) is 8. The molecule has 0 bridgehead atoms. The van der Waals surface area contributed by atoms with Crippen LogP contribution in [0.3, 0.4) is 0 Å². The molecular weight excluding hydrogens is 657 g/mol. The standard InChI is InChI=1S/C34H30N4O8S2/c39-33(35-27-15-19-29(20-16-27)45-47(41,42)23-25-9-3-1-4-10-25)37-31-13-7-8-14-32(31)38-34(40)36-28-17-21-30(22-18-28)46-48(43,44)24-26-11-5-2-6-12-26/h1-22H,23-24H2,(H2,35,37,39)(H2,36,38,40). The molecule has 0 spiro atoms. The number of anilines is 4. The molecule has 0 saturated heterocycles. The number of para-hydroxylation sites is 2. The lowest BCUT2D eigenvalue weighted by Crippen LogP contribution is -2.23. The summed E-state index contributed by atoms with van der Waals surface area (Å²) in [5.41, 5.74) is 2.50. The summed E-state index contributed by atoms with van der Waals surface area (Å²) in [5, 5.41) is 10.6. The Hall–Kier alpha value is -5.86. The molecule has 0 radical (unpaired) electrons. The van der Waals surface area contributed by atoms with Crippen molar-refractivity contribution in [2.75, 3.05) is 21.3 Å². The van der Waals surface area contributed by atoms with Gasteiger partial charge in [0.25, 0.3) is 0 Å². The van der Waals surface area contributed by atoms with Crippen LogP contribution in [0.2, 0.25) is 0 Å². The van der Waals surface area contributed by atoms with Crippen molar-refractivity contribution in [3.05, 3.63) is 145 Å². The van der Waals surface area contributed by atoms with Gasteiger partial charge in [-0.2, -0.15) is 16.8 Å². The largest absolute Gasteiger partial charge is 0.382 e. The molecule has 0 aliphatic rings. The maximum absolute atomic E-state index is 12.7. The van der Waals surface area contributed by atoms with Gasteiger partial charge in [0.1, 0.15) is 23.0 Å². The molecule has 12 nitrogen and oxygen atoms in total. The van der Waals surface area contributed by atoms with Crippen molar-refractivity contribution >= 4 is 55.0 Å². The molecule has 4 amide bonds. The van der Waals surface area contributed by atoms with Gasteiger partial charge in [-0.05, 0) is 71.8 Å². The number of carbonyl (C=O) groups excluding carboxylic acids is 2. The molecule has 0 atom stereocenters. The molecule has 14 heteroatoms. The number of nitrogens with one attached hydrogen (secondary N) is 4. The topological polar surface area (TPSA) is 169 Å². The molecule has 4 N–H and O–H groups in total. The number of rotatable bonds is 12. The average molecular weight is 687 g/mol. The van der Waals surface area contributed by atoms with E-state index in [1.807, 2.05) is 0 Å². The molecule has 0 saturated carbocycles. The highest BCUT2D eigenvalue weighted by Gasteiger charge is 2.16. The fourth-order valence-corrected chi connectivity index (χ4v) is 6.49. The van der Waals surface area contributed by atoms with E-state index in [0.717, 1.165) is 0 Å². The molecule has 48 heavy (non-hydrogen) atoms. The minimum Gasteiger partial charge on any atom is -0.382 e. The Balaban J connectivity index is 1.12. The first-order valence-corrected chi connectivity index (χ1v) is 17.5. The van der Waals surface area contributed by atoms with Gasteiger partial charge in [0.05, 0.1) is 11.4 Å². The summed E-state index contributed by atoms with van der Waals surface area (Å²) in [6.07, 6.45) is 0. The van der Waals surface area contributed by atoms with E-state index in [0.29, 0.717) is 33.9 Å². The minimum absolute atomic E-state index is 0.0905. The van der Waals surface area contributed by atoms with Crippen LogP contribution in [-0.2, 0) is 31.7 Å². The van der Waals surface area contributed by atoms with Gasteiger partial charge in [0.2, 0.25) is 0 Å². The van der Waals surface area contributed by atoms with Gasteiger partial charge in [-0.25, -0.2) is 9.59 Å². The van der Waals surface area contributed by atoms with Crippen molar-refractivity contribution in [2.24, 2.45) is 0 Å². The lowest BCUT2D eigenvalue weighted by molar-refractivity contribution is 0.261. The van der Waals surface area contributed by atoms with E-state index < -0.39 is 32.3 Å². The molecule has 0 aliphatic carbocycles. The second-order valence-electron chi connectivity index (χ2n) is 10.3. The van der Waals surface area contributed by atoms with Crippen LogP contribution >= 0.6 is 0 Å². The second kappa shape index (κ2) is 15.2. The fraction of sp³-hybridized carbons (Fsp3) is 0.0588. The summed E-state index contributed by atoms with van der Waals surface area (Å²) < 4.78 is 59.9. The predicted octanol–water partition coefficient (Wildman–Crippen LogP) is 6.79. The summed E-state index contributed by atoms with van der Waals surface area (Å²) in [6.45, 7) is 0. The van der Waals surface area contributed by atoms with Gasteiger partial charge in [-0.15, -0.1) is 0 Å². The second-order valence-corrected chi connectivity index (χ2v) is 13.4. The fourth-order valence-electron chi connectivity index (χ4n) is 4.37. The number of amides is 4. The first kappa shape index (κ1) is 33.5. The summed E-state index contributed by atoms with van der Waals surface area (Å²) in [7, 11) is -7.77. The number of benzene rings is 5.